The fourth-order valence-corrected chi connectivity index (χ4v) is 1.34. The first-order valence-electron chi connectivity index (χ1n) is 3.08. The van der Waals surface area contributed by atoms with Crippen LogP contribution in [0.1, 0.15) is 6.92 Å². The minimum Gasteiger partial charge on any atom is -0.200 e. The van der Waals surface area contributed by atoms with E-state index in [9.17, 15) is 0 Å². The molecule has 0 saturated heterocycles. The third-order valence-corrected chi connectivity index (χ3v) is 2.07. The quantitative estimate of drug-likeness (QED) is 0.581. The highest BCUT2D eigenvalue weighted by atomic mass is 32.1. The smallest absolute Gasteiger partial charge is 0.0507 e. The molecule has 0 atom stereocenters. The molecule has 1 nitrogen and oxygen atoms in total. The molecule has 0 aliphatic heterocycles. The molecule has 10 heavy (non-hydrogen) atoms. The molecule has 1 aromatic rings. The predicted octanol–water partition coefficient (Wildman–Crippen LogP) is 0.910. The molecule has 0 saturated carbocycles. The van der Waals surface area contributed by atoms with E-state index in [4.69, 9.17) is 0 Å². The minimum absolute atomic E-state index is 1.16. The van der Waals surface area contributed by atoms with Crippen LogP contribution in [-0.2, 0) is 0 Å². The van der Waals surface area contributed by atoms with Crippen molar-refractivity contribution in [3.8, 4) is 0 Å². The molecular weight excluding hydrogens is 142 g/mol. The molecule has 0 bridgehead atoms. The van der Waals surface area contributed by atoms with Gasteiger partial charge in [-0.05, 0) is 18.5 Å². The van der Waals surface area contributed by atoms with Crippen molar-refractivity contribution in [3.05, 3.63) is 28.6 Å². The number of hydrogen-bond donors (Lipinski definition) is 0. The topological polar surface area (TPSA) is 12.9 Å². The van der Waals surface area contributed by atoms with E-state index in [1.165, 1.54) is 16.1 Å². The summed E-state index contributed by atoms with van der Waals surface area (Å²) in [5.41, 5.74) is 0. The number of aromatic nitrogens is 1. The third-order valence-electron chi connectivity index (χ3n) is 1.19. The molecule has 0 radical (unpaired) electrons. The zero-order valence-corrected chi connectivity index (χ0v) is 6.69. The van der Waals surface area contributed by atoms with Crippen molar-refractivity contribution < 1.29 is 0 Å². The maximum Gasteiger partial charge on any atom is 0.0507 e. The average molecular weight is 151 g/mol. The Bertz CT molecular complexity index is 321. The minimum atomic E-state index is 1.16. The number of hydrogen-bond acceptors (Lipinski definition) is 2. The van der Waals surface area contributed by atoms with Gasteiger partial charge in [0.05, 0.1) is 4.53 Å². The molecule has 1 heterocycles. The first-order chi connectivity index (χ1) is 4.88. The van der Waals surface area contributed by atoms with Crippen LogP contribution in [0.3, 0.4) is 0 Å². The van der Waals surface area contributed by atoms with Crippen LogP contribution < -0.4 is 9.75 Å². The van der Waals surface area contributed by atoms with Gasteiger partial charge >= 0.3 is 0 Å². The molecule has 0 aliphatic carbocycles. The van der Waals surface area contributed by atoms with Crippen molar-refractivity contribution in [1.29, 1.82) is 0 Å². The lowest BCUT2D eigenvalue weighted by Crippen LogP contribution is -2.15. The summed E-state index contributed by atoms with van der Waals surface area (Å²) in [5.74, 6) is 0. The van der Waals surface area contributed by atoms with Crippen molar-refractivity contribution in [2.24, 2.45) is 0 Å². The average Bonchev–Trinajstić information content (AvgIpc) is 2.36. The summed E-state index contributed by atoms with van der Waals surface area (Å²) in [5, 5.41) is 1.16. The fourth-order valence-electron chi connectivity index (χ4n) is 0.728. The van der Waals surface area contributed by atoms with Crippen molar-refractivity contribution in [2.45, 2.75) is 6.92 Å². The standard InChI is InChI=1S/C8H9NS/c1-3-5-7-6-9-10-8(7)4-2/h3-6H,1H2,2H3. The largest absolute Gasteiger partial charge is 0.200 e. The van der Waals surface area contributed by atoms with Crippen molar-refractivity contribution in [3.63, 3.8) is 0 Å². The van der Waals surface area contributed by atoms with Crippen LogP contribution in [0.15, 0.2) is 18.9 Å². The Morgan fingerprint density at radius 3 is 3.10 bits per heavy atom. The van der Waals surface area contributed by atoms with Crippen LogP contribution in [0.25, 0.3) is 12.2 Å². The van der Waals surface area contributed by atoms with E-state index in [1.807, 2.05) is 25.3 Å². The van der Waals surface area contributed by atoms with Crippen molar-refractivity contribution in [1.82, 2.24) is 4.37 Å². The zero-order chi connectivity index (χ0) is 7.40. The van der Waals surface area contributed by atoms with E-state index in [-0.39, 0.29) is 0 Å². The fraction of sp³-hybridized carbons (Fsp3) is 0.125. The molecule has 52 valence electrons. The van der Waals surface area contributed by atoms with Gasteiger partial charge in [0, 0.05) is 11.4 Å². The highest BCUT2D eigenvalue weighted by molar-refractivity contribution is 7.03. The Morgan fingerprint density at radius 2 is 2.50 bits per heavy atom. The van der Waals surface area contributed by atoms with Crippen LogP contribution in [0.5, 0.6) is 0 Å². The molecule has 1 rings (SSSR count). The lowest BCUT2D eigenvalue weighted by atomic mass is 10.4. The Balaban J connectivity index is 3.41. The first kappa shape index (κ1) is 7.22. The third kappa shape index (κ3) is 1.33. The van der Waals surface area contributed by atoms with Crippen molar-refractivity contribution in [2.75, 3.05) is 0 Å². The van der Waals surface area contributed by atoms with Gasteiger partial charge in [0.15, 0.2) is 0 Å². The predicted molar refractivity (Wildman–Crippen MR) is 46.2 cm³/mol. The SMILES string of the molecule is C=CC=c1cnsc1=CC. The Labute approximate surface area is 64.2 Å². The second-order valence-electron chi connectivity index (χ2n) is 1.84. The molecule has 0 N–H and O–H groups in total. The summed E-state index contributed by atoms with van der Waals surface area (Å²) in [6.07, 6.45) is 7.63. The second kappa shape index (κ2) is 3.32. The normalized spacial score (nSPS) is 14.1. The summed E-state index contributed by atoms with van der Waals surface area (Å²) < 4.78 is 5.25. The summed E-state index contributed by atoms with van der Waals surface area (Å²) >= 11 is 1.50. The van der Waals surface area contributed by atoms with Crippen LogP contribution >= 0.6 is 11.5 Å². The van der Waals surface area contributed by atoms with E-state index < -0.39 is 0 Å². The maximum absolute atomic E-state index is 4.04. The summed E-state index contributed by atoms with van der Waals surface area (Å²) in [6.45, 7) is 5.63. The summed E-state index contributed by atoms with van der Waals surface area (Å²) in [6, 6.07) is 0. The lowest BCUT2D eigenvalue weighted by Gasteiger charge is -1.70. The van der Waals surface area contributed by atoms with Gasteiger partial charge in [0.25, 0.3) is 0 Å². The van der Waals surface area contributed by atoms with Gasteiger partial charge in [-0.2, -0.15) is 4.37 Å². The molecule has 0 unspecified atom stereocenters. The van der Waals surface area contributed by atoms with Crippen LogP contribution in [0.4, 0.5) is 0 Å². The lowest BCUT2D eigenvalue weighted by molar-refractivity contribution is 1.53. The van der Waals surface area contributed by atoms with Gasteiger partial charge in [-0.3, -0.25) is 0 Å². The monoisotopic (exact) mass is 151 g/mol. The Hall–Kier alpha value is -0.890. The van der Waals surface area contributed by atoms with Crippen LogP contribution in [0.2, 0.25) is 0 Å². The number of rotatable bonds is 1. The van der Waals surface area contributed by atoms with Crippen molar-refractivity contribution >= 4 is 23.7 Å². The molecule has 0 spiro atoms. The molecule has 2 heteroatoms. The van der Waals surface area contributed by atoms with Gasteiger partial charge in [0.2, 0.25) is 0 Å². The second-order valence-corrected chi connectivity index (χ2v) is 2.67. The molecule has 0 aliphatic rings. The van der Waals surface area contributed by atoms with Gasteiger partial charge < -0.3 is 0 Å². The van der Waals surface area contributed by atoms with Crippen LogP contribution in [-0.4, -0.2) is 4.37 Å². The van der Waals surface area contributed by atoms with Crippen LogP contribution in [0, 0.1) is 0 Å². The highest BCUT2D eigenvalue weighted by Crippen LogP contribution is 1.73. The first-order valence-corrected chi connectivity index (χ1v) is 3.85. The van der Waals surface area contributed by atoms with E-state index in [1.54, 1.807) is 6.08 Å². The number of allylic oxidation sites excluding steroid dienone is 1. The van der Waals surface area contributed by atoms with E-state index in [0.717, 1.165) is 5.22 Å². The zero-order valence-electron chi connectivity index (χ0n) is 5.87. The van der Waals surface area contributed by atoms with E-state index >= 15 is 0 Å². The number of nitrogens with zero attached hydrogens (tertiary/aromatic N) is 1. The maximum atomic E-state index is 4.04. The highest BCUT2D eigenvalue weighted by Gasteiger charge is 1.82. The molecule has 0 amide bonds. The Kier molecular flexibility index (Phi) is 2.40. The molecule has 1 aromatic heterocycles. The molecule has 0 aromatic carbocycles. The van der Waals surface area contributed by atoms with Gasteiger partial charge in [-0.15, -0.1) is 0 Å². The molecule has 0 fully saturated rings. The van der Waals surface area contributed by atoms with Gasteiger partial charge in [-0.1, -0.05) is 24.8 Å². The van der Waals surface area contributed by atoms with E-state index in [0.29, 0.717) is 0 Å². The Morgan fingerprint density at radius 1 is 1.70 bits per heavy atom. The van der Waals surface area contributed by atoms with Gasteiger partial charge in [-0.25, -0.2) is 0 Å². The summed E-state index contributed by atoms with van der Waals surface area (Å²) in [7, 11) is 0. The van der Waals surface area contributed by atoms with E-state index in [2.05, 4.69) is 11.0 Å². The summed E-state index contributed by atoms with van der Waals surface area (Å²) in [4.78, 5) is 0. The van der Waals surface area contributed by atoms with Gasteiger partial charge in [0.1, 0.15) is 0 Å². The molecular formula is C8H9NS.